The molecule has 8 heteroatoms. The fourth-order valence-corrected chi connectivity index (χ4v) is 5.55. The number of fused-ring (bicyclic) bond motifs is 3. The Kier molecular flexibility index (Phi) is 5.93. The van der Waals surface area contributed by atoms with E-state index in [2.05, 4.69) is 29.2 Å². The Bertz CT molecular complexity index is 1200. The van der Waals surface area contributed by atoms with Gasteiger partial charge in [-0.25, -0.2) is 13.1 Å². The molecule has 0 radical (unpaired) electrons. The summed E-state index contributed by atoms with van der Waals surface area (Å²) >= 11 is 0. The smallest absolute Gasteiger partial charge is 0.272 e. The minimum Gasteiger partial charge on any atom is -0.349 e. The van der Waals surface area contributed by atoms with Gasteiger partial charge in [-0.3, -0.25) is 4.79 Å². The molecule has 4 rings (SSSR count). The van der Waals surface area contributed by atoms with Gasteiger partial charge in [-0.15, -0.1) is 0 Å². The highest BCUT2D eigenvalue weighted by Gasteiger charge is 2.35. The van der Waals surface area contributed by atoms with E-state index in [1.807, 2.05) is 30.3 Å². The Morgan fingerprint density at radius 1 is 1.06 bits per heavy atom. The third-order valence-corrected chi connectivity index (χ3v) is 7.31. The largest absolute Gasteiger partial charge is 0.349 e. The van der Waals surface area contributed by atoms with Crippen LogP contribution in [0.1, 0.15) is 29.9 Å². The lowest BCUT2D eigenvalue weighted by Gasteiger charge is -2.19. The van der Waals surface area contributed by atoms with Gasteiger partial charge in [0.05, 0.1) is 22.0 Å². The van der Waals surface area contributed by atoms with E-state index in [-0.39, 0.29) is 22.2 Å². The van der Waals surface area contributed by atoms with Crippen LogP contribution in [0.3, 0.4) is 0 Å². The molecule has 0 aliphatic carbocycles. The highest BCUT2D eigenvalue weighted by atomic mass is 32.2. The van der Waals surface area contributed by atoms with Crippen LogP contribution in [0.5, 0.6) is 0 Å². The molecule has 1 amide bonds. The maximum absolute atomic E-state index is 13.0. The first-order valence-corrected chi connectivity index (χ1v) is 12.1. The molecule has 1 N–H and O–H groups in total. The Morgan fingerprint density at radius 2 is 1.74 bits per heavy atom. The molecule has 1 aromatic heterocycles. The van der Waals surface area contributed by atoms with Crippen molar-refractivity contribution < 1.29 is 13.2 Å². The van der Waals surface area contributed by atoms with Gasteiger partial charge in [0.15, 0.2) is 15.5 Å². The van der Waals surface area contributed by atoms with E-state index in [1.165, 1.54) is 0 Å². The lowest BCUT2D eigenvalue weighted by Crippen LogP contribution is -2.35. The van der Waals surface area contributed by atoms with Gasteiger partial charge in [0.25, 0.3) is 5.91 Å². The fraction of sp³-hybridized carbons (Fsp3) is 0.304. The summed E-state index contributed by atoms with van der Waals surface area (Å²) in [6, 6.07) is 16.4. The zero-order valence-corrected chi connectivity index (χ0v) is 18.5. The monoisotopic (exact) mass is 438 g/mol. The average Bonchev–Trinajstić information content (AvgIpc) is 3.16. The molecular formula is C23H26N4O3S. The summed E-state index contributed by atoms with van der Waals surface area (Å²) in [6.07, 6.45) is 0. The number of sulfone groups is 1. The van der Waals surface area contributed by atoms with Crippen LogP contribution in [0.2, 0.25) is 0 Å². The second-order valence-electron chi connectivity index (χ2n) is 7.46. The highest BCUT2D eigenvalue weighted by Crippen LogP contribution is 2.40. The van der Waals surface area contributed by atoms with Gasteiger partial charge in [-0.1, -0.05) is 50.2 Å². The molecule has 2 heterocycles. The van der Waals surface area contributed by atoms with Gasteiger partial charge in [-0.2, -0.15) is 5.10 Å². The minimum absolute atomic E-state index is 0.163. The Balaban J connectivity index is 1.79. The zero-order valence-electron chi connectivity index (χ0n) is 17.7. The van der Waals surface area contributed by atoms with Gasteiger partial charge in [0.1, 0.15) is 0 Å². The van der Waals surface area contributed by atoms with Crippen molar-refractivity contribution in [3.05, 3.63) is 65.9 Å². The topological polar surface area (TPSA) is 84.3 Å². The summed E-state index contributed by atoms with van der Waals surface area (Å²) in [4.78, 5) is 15.5. The Morgan fingerprint density at radius 3 is 2.45 bits per heavy atom. The van der Waals surface area contributed by atoms with Crippen molar-refractivity contribution in [1.82, 2.24) is 20.0 Å². The number of rotatable bonds is 7. The molecule has 7 nitrogen and oxygen atoms in total. The van der Waals surface area contributed by atoms with Crippen molar-refractivity contribution in [1.29, 1.82) is 0 Å². The van der Waals surface area contributed by atoms with E-state index in [0.717, 1.165) is 25.3 Å². The number of hydrogen-bond acceptors (Lipinski definition) is 5. The third kappa shape index (κ3) is 4.00. The summed E-state index contributed by atoms with van der Waals surface area (Å²) in [5, 5.41) is 7.50. The van der Waals surface area contributed by atoms with Gasteiger partial charge >= 0.3 is 0 Å². The van der Waals surface area contributed by atoms with Crippen LogP contribution >= 0.6 is 0 Å². The lowest BCUT2D eigenvalue weighted by atomic mass is 10.1. The van der Waals surface area contributed by atoms with Gasteiger partial charge in [0.2, 0.25) is 0 Å². The van der Waals surface area contributed by atoms with Crippen molar-refractivity contribution in [2.45, 2.75) is 24.5 Å². The molecule has 162 valence electrons. The summed E-state index contributed by atoms with van der Waals surface area (Å²) in [5.74, 6) is -0.599. The van der Waals surface area contributed by atoms with Crippen LogP contribution in [0.25, 0.3) is 16.9 Å². The van der Waals surface area contributed by atoms with Gasteiger partial charge < -0.3 is 10.2 Å². The van der Waals surface area contributed by atoms with Gasteiger partial charge in [-0.05, 0) is 31.3 Å². The molecule has 0 unspecified atom stereocenters. The number of aromatic nitrogens is 2. The van der Waals surface area contributed by atoms with Crippen LogP contribution in [0.15, 0.2) is 59.5 Å². The Hall–Kier alpha value is -2.97. The van der Waals surface area contributed by atoms with E-state index >= 15 is 0 Å². The third-order valence-electron chi connectivity index (χ3n) is 5.62. The average molecular weight is 439 g/mol. The highest BCUT2D eigenvalue weighted by molar-refractivity contribution is 7.90. The normalized spacial score (nSPS) is 14.2. The van der Waals surface area contributed by atoms with Gasteiger partial charge in [0, 0.05) is 24.2 Å². The molecule has 0 fully saturated rings. The number of para-hydroxylation sites is 1. The first-order chi connectivity index (χ1) is 15.0. The van der Waals surface area contributed by atoms with Crippen molar-refractivity contribution in [3.8, 4) is 16.9 Å². The number of nitrogens with zero attached hydrogens (tertiary/aromatic N) is 3. The number of carbonyl (C=O) groups excluding carboxylic acids is 1. The molecule has 0 saturated heterocycles. The minimum atomic E-state index is -3.56. The van der Waals surface area contributed by atoms with E-state index in [1.54, 1.807) is 28.9 Å². The molecule has 3 aromatic rings. The summed E-state index contributed by atoms with van der Waals surface area (Å²) in [6.45, 7) is 7.15. The van der Waals surface area contributed by atoms with Crippen LogP contribution in [-0.4, -0.2) is 55.2 Å². The lowest BCUT2D eigenvalue weighted by molar-refractivity contribution is 0.0943. The number of benzene rings is 2. The second kappa shape index (κ2) is 8.64. The summed E-state index contributed by atoms with van der Waals surface area (Å²) < 4.78 is 27.6. The van der Waals surface area contributed by atoms with Crippen molar-refractivity contribution in [2.24, 2.45) is 0 Å². The molecule has 1 aliphatic heterocycles. The second-order valence-corrected chi connectivity index (χ2v) is 9.42. The Labute approximate surface area is 182 Å². The maximum atomic E-state index is 13.0. The van der Waals surface area contributed by atoms with E-state index in [4.69, 9.17) is 0 Å². The maximum Gasteiger partial charge on any atom is 0.272 e. The molecule has 31 heavy (non-hydrogen) atoms. The predicted octanol–water partition coefficient (Wildman–Crippen LogP) is 2.90. The standard InChI is InChI=1S/C23H26N4O3S/c1-3-26(4-2)15-14-24-23(28)21-19-16-31(29,30)20-13-9-8-12-18(20)22(19)27(25-21)17-10-6-5-7-11-17/h5-13H,3-4,14-16H2,1-2H3,(H,24,28). The number of carbonyl (C=O) groups is 1. The summed E-state index contributed by atoms with van der Waals surface area (Å²) in [5.41, 5.74) is 2.61. The first kappa shape index (κ1) is 21.3. The fourth-order valence-electron chi connectivity index (χ4n) is 3.95. The van der Waals surface area contributed by atoms with Crippen molar-refractivity contribution in [3.63, 3.8) is 0 Å². The number of hydrogen-bond donors (Lipinski definition) is 1. The molecular weight excluding hydrogens is 412 g/mol. The van der Waals surface area contributed by atoms with E-state index in [0.29, 0.717) is 23.4 Å². The number of likely N-dealkylation sites (N-methyl/N-ethyl adjacent to an activating group) is 1. The molecule has 0 saturated carbocycles. The molecule has 1 aliphatic rings. The number of nitrogens with one attached hydrogen (secondary N) is 1. The first-order valence-electron chi connectivity index (χ1n) is 10.5. The SMILES string of the molecule is CCN(CC)CCNC(=O)c1nn(-c2ccccc2)c2c1CS(=O)(=O)c1ccccc1-2. The van der Waals surface area contributed by atoms with Crippen molar-refractivity contribution >= 4 is 15.7 Å². The zero-order chi connectivity index (χ0) is 22.0. The number of amides is 1. The van der Waals surface area contributed by atoms with E-state index < -0.39 is 9.84 Å². The van der Waals surface area contributed by atoms with E-state index in [9.17, 15) is 13.2 Å². The summed E-state index contributed by atoms with van der Waals surface area (Å²) in [7, 11) is -3.56. The quantitative estimate of drug-likeness (QED) is 0.613. The van der Waals surface area contributed by atoms with Crippen molar-refractivity contribution in [2.75, 3.05) is 26.2 Å². The van der Waals surface area contributed by atoms with Crippen LogP contribution in [0.4, 0.5) is 0 Å². The van der Waals surface area contributed by atoms with Crippen LogP contribution in [0, 0.1) is 0 Å². The molecule has 0 spiro atoms. The molecule has 0 atom stereocenters. The molecule has 2 aromatic carbocycles. The van der Waals surface area contributed by atoms with Crippen LogP contribution in [-0.2, 0) is 15.6 Å². The molecule has 0 bridgehead atoms. The van der Waals surface area contributed by atoms with Crippen LogP contribution < -0.4 is 5.32 Å². The predicted molar refractivity (Wildman–Crippen MR) is 120 cm³/mol.